The number of carbonyl (C=O) groups is 1. The zero-order valence-electron chi connectivity index (χ0n) is 13.5. The average Bonchev–Trinajstić information content (AvgIpc) is 3.10. The van der Waals surface area contributed by atoms with Crippen LogP contribution in [0.4, 0.5) is 5.69 Å². The van der Waals surface area contributed by atoms with Crippen LogP contribution >= 0.6 is 11.6 Å². The number of anilines is 1. The Kier molecular flexibility index (Phi) is 5.38. The fourth-order valence-corrected chi connectivity index (χ4v) is 3.35. The minimum Gasteiger partial charge on any atom is -0.399 e. The number of benzene rings is 2. The van der Waals surface area contributed by atoms with Crippen LogP contribution in [-0.2, 0) is 0 Å². The van der Waals surface area contributed by atoms with Crippen LogP contribution in [0.2, 0.25) is 5.02 Å². The first kappa shape index (κ1) is 16.8. The molecule has 4 nitrogen and oxygen atoms in total. The fraction of sp³-hybridized carbons (Fsp3) is 0.316. The van der Waals surface area contributed by atoms with Gasteiger partial charge >= 0.3 is 0 Å². The molecule has 1 amide bonds. The molecule has 1 unspecified atom stereocenters. The minimum atomic E-state index is -0.0822. The number of halogens is 1. The number of nitrogens with two attached hydrogens (primary N) is 1. The monoisotopic (exact) mass is 343 g/mol. The van der Waals surface area contributed by atoms with Gasteiger partial charge in [0.15, 0.2) is 0 Å². The van der Waals surface area contributed by atoms with Crippen molar-refractivity contribution >= 4 is 23.2 Å². The summed E-state index contributed by atoms with van der Waals surface area (Å²) < 4.78 is 0. The molecule has 0 bridgehead atoms. The second-order valence-electron chi connectivity index (χ2n) is 6.15. The lowest BCUT2D eigenvalue weighted by Gasteiger charge is -2.28. The highest BCUT2D eigenvalue weighted by molar-refractivity contribution is 6.30. The number of amides is 1. The molecule has 1 atom stereocenters. The zero-order chi connectivity index (χ0) is 16.9. The van der Waals surface area contributed by atoms with Gasteiger partial charge in [-0.3, -0.25) is 9.69 Å². The first-order chi connectivity index (χ1) is 11.6. The smallest absolute Gasteiger partial charge is 0.251 e. The third kappa shape index (κ3) is 4.08. The Balaban J connectivity index is 1.72. The van der Waals surface area contributed by atoms with Crippen LogP contribution in [0.3, 0.4) is 0 Å². The first-order valence-corrected chi connectivity index (χ1v) is 8.64. The number of likely N-dealkylation sites (tertiary alicyclic amines) is 1. The Morgan fingerprint density at radius 3 is 2.54 bits per heavy atom. The van der Waals surface area contributed by atoms with Crippen molar-refractivity contribution in [2.75, 3.05) is 25.4 Å². The Bertz CT molecular complexity index is 696. The number of hydrogen-bond donors (Lipinski definition) is 2. The Morgan fingerprint density at radius 2 is 1.88 bits per heavy atom. The van der Waals surface area contributed by atoms with Gasteiger partial charge in [0.25, 0.3) is 5.91 Å². The Labute approximate surface area is 147 Å². The van der Waals surface area contributed by atoms with E-state index in [4.69, 9.17) is 17.3 Å². The lowest BCUT2D eigenvalue weighted by atomic mass is 10.1. The lowest BCUT2D eigenvalue weighted by Crippen LogP contribution is -2.36. The molecule has 2 aromatic rings. The number of nitrogens with zero attached hydrogens (tertiary/aromatic N) is 1. The molecule has 1 saturated heterocycles. The topological polar surface area (TPSA) is 58.4 Å². The van der Waals surface area contributed by atoms with Crippen LogP contribution in [0.1, 0.15) is 34.8 Å². The Morgan fingerprint density at radius 1 is 1.17 bits per heavy atom. The molecule has 1 fully saturated rings. The summed E-state index contributed by atoms with van der Waals surface area (Å²) in [6.07, 6.45) is 2.39. The van der Waals surface area contributed by atoms with Gasteiger partial charge in [-0.05, 0) is 67.9 Å². The molecular weight excluding hydrogens is 322 g/mol. The van der Waals surface area contributed by atoms with E-state index in [1.807, 2.05) is 18.2 Å². The van der Waals surface area contributed by atoms with Gasteiger partial charge in [-0.1, -0.05) is 23.7 Å². The van der Waals surface area contributed by atoms with E-state index in [2.05, 4.69) is 16.3 Å². The normalized spacial score (nSPS) is 16.0. The van der Waals surface area contributed by atoms with Crippen molar-refractivity contribution < 1.29 is 4.79 Å². The maximum Gasteiger partial charge on any atom is 0.251 e. The van der Waals surface area contributed by atoms with Crippen molar-refractivity contribution in [3.05, 3.63) is 64.7 Å². The fourth-order valence-electron chi connectivity index (χ4n) is 3.15. The summed E-state index contributed by atoms with van der Waals surface area (Å²) in [6.45, 7) is 2.66. The van der Waals surface area contributed by atoms with Gasteiger partial charge in [-0.15, -0.1) is 0 Å². The standard InChI is InChI=1S/C19H22ClN3O/c20-16-5-3-4-15(12-16)18(23-10-1-2-11-23)13-22-19(24)14-6-8-17(21)9-7-14/h3-9,12,18H,1-2,10-11,13,21H2,(H,22,24). The molecule has 0 aliphatic carbocycles. The second-order valence-corrected chi connectivity index (χ2v) is 6.58. The summed E-state index contributed by atoms with van der Waals surface area (Å²) in [5.74, 6) is -0.0822. The molecule has 1 aliphatic rings. The van der Waals surface area contributed by atoms with Gasteiger partial charge in [-0.25, -0.2) is 0 Å². The number of rotatable bonds is 5. The third-order valence-electron chi connectivity index (χ3n) is 4.44. The van der Waals surface area contributed by atoms with Crippen molar-refractivity contribution in [3.8, 4) is 0 Å². The quantitative estimate of drug-likeness (QED) is 0.817. The lowest BCUT2D eigenvalue weighted by molar-refractivity contribution is 0.0938. The third-order valence-corrected chi connectivity index (χ3v) is 4.68. The second kappa shape index (κ2) is 7.69. The van der Waals surface area contributed by atoms with E-state index in [0.717, 1.165) is 23.7 Å². The van der Waals surface area contributed by atoms with Gasteiger partial charge in [-0.2, -0.15) is 0 Å². The highest BCUT2D eigenvalue weighted by atomic mass is 35.5. The summed E-state index contributed by atoms with van der Waals surface area (Å²) >= 11 is 6.15. The molecule has 0 saturated carbocycles. The number of nitrogens with one attached hydrogen (secondary N) is 1. The van der Waals surface area contributed by atoms with E-state index in [1.54, 1.807) is 24.3 Å². The number of carbonyl (C=O) groups excluding carboxylic acids is 1. The predicted octanol–water partition coefficient (Wildman–Crippen LogP) is 3.49. The van der Waals surface area contributed by atoms with Crippen LogP contribution in [0.25, 0.3) is 0 Å². The largest absolute Gasteiger partial charge is 0.399 e. The molecule has 0 spiro atoms. The van der Waals surface area contributed by atoms with E-state index >= 15 is 0 Å². The average molecular weight is 344 g/mol. The van der Waals surface area contributed by atoms with Crippen LogP contribution < -0.4 is 11.1 Å². The summed E-state index contributed by atoms with van der Waals surface area (Å²) in [7, 11) is 0. The number of nitrogen functional groups attached to an aromatic ring is 1. The maximum absolute atomic E-state index is 12.4. The predicted molar refractivity (Wildman–Crippen MR) is 98.2 cm³/mol. The van der Waals surface area contributed by atoms with Crippen molar-refractivity contribution in [2.45, 2.75) is 18.9 Å². The molecule has 3 N–H and O–H groups in total. The van der Waals surface area contributed by atoms with Crippen molar-refractivity contribution in [2.24, 2.45) is 0 Å². The highest BCUT2D eigenvalue weighted by Gasteiger charge is 2.24. The maximum atomic E-state index is 12.4. The van der Waals surface area contributed by atoms with E-state index in [1.165, 1.54) is 12.8 Å². The van der Waals surface area contributed by atoms with E-state index < -0.39 is 0 Å². The van der Waals surface area contributed by atoms with E-state index in [-0.39, 0.29) is 11.9 Å². The van der Waals surface area contributed by atoms with Gasteiger partial charge in [0.1, 0.15) is 0 Å². The number of hydrogen-bond acceptors (Lipinski definition) is 3. The summed E-state index contributed by atoms with van der Waals surface area (Å²) in [6, 6.07) is 15.0. The van der Waals surface area contributed by atoms with Crippen LogP contribution in [-0.4, -0.2) is 30.4 Å². The van der Waals surface area contributed by atoms with E-state index in [0.29, 0.717) is 17.8 Å². The van der Waals surface area contributed by atoms with Crippen LogP contribution in [0.5, 0.6) is 0 Å². The molecule has 1 aliphatic heterocycles. The summed E-state index contributed by atoms with van der Waals surface area (Å²) in [5, 5.41) is 3.77. The van der Waals surface area contributed by atoms with Crippen molar-refractivity contribution in [3.63, 3.8) is 0 Å². The minimum absolute atomic E-state index is 0.0822. The zero-order valence-corrected chi connectivity index (χ0v) is 14.3. The van der Waals surface area contributed by atoms with Crippen molar-refractivity contribution in [1.29, 1.82) is 0 Å². The van der Waals surface area contributed by atoms with Gasteiger partial charge in [0, 0.05) is 22.8 Å². The van der Waals surface area contributed by atoms with Gasteiger partial charge in [0.05, 0.1) is 6.04 Å². The highest BCUT2D eigenvalue weighted by Crippen LogP contribution is 2.26. The molecule has 5 heteroatoms. The van der Waals surface area contributed by atoms with Crippen LogP contribution in [0, 0.1) is 0 Å². The molecule has 0 aromatic heterocycles. The molecule has 24 heavy (non-hydrogen) atoms. The summed E-state index contributed by atoms with van der Waals surface area (Å²) in [4.78, 5) is 14.8. The first-order valence-electron chi connectivity index (χ1n) is 8.27. The molecule has 3 rings (SSSR count). The molecule has 126 valence electrons. The molecule has 1 heterocycles. The van der Waals surface area contributed by atoms with Crippen LogP contribution in [0.15, 0.2) is 48.5 Å². The SMILES string of the molecule is Nc1ccc(C(=O)NCC(c2cccc(Cl)c2)N2CCCC2)cc1. The summed E-state index contributed by atoms with van der Waals surface area (Å²) in [5.41, 5.74) is 8.09. The Hall–Kier alpha value is -2.04. The van der Waals surface area contributed by atoms with Gasteiger partial charge in [0.2, 0.25) is 0 Å². The van der Waals surface area contributed by atoms with Gasteiger partial charge < -0.3 is 11.1 Å². The molecular formula is C19H22ClN3O. The molecule has 0 radical (unpaired) electrons. The molecule has 2 aromatic carbocycles. The van der Waals surface area contributed by atoms with E-state index in [9.17, 15) is 4.79 Å². The van der Waals surface area contributed by atoms with Crippen molar-refractivity contribution in [1.82, 2.24) is 10.2 Å².